The summed E-state index contributed by atoms with van der Waals surface area (Å²) in [6.45, 7) is 11.7. The van der Waals surface area contributed by atoms with Crippen LogP contribution in [0.1, 0.15) is 38.3 Å². The lowest BCUT2D eigenvalue weighted by molar-refractivity contribution is 0.288. The Morgan fingerprint density at radius 3 is 2.63 bits per heavy atom. The van der Waals surface area contributed by atoms with Gasteiger partial charge in [0, 0.05) is 31.4 Å². The fraction of sp³-hybridized carbons (Fsp3) is 0.625. The summed E-state index contributed by atoms with van der Waals surface area (Å²) in [7, 11) is 0. The predicted octanol–water partition coefficient (Wildman–Crippen LogP) is 2.70. The van der Waals surface area contributed by atoms with Gasteiger partial charge in [0.25, 0.3) is 0 Å². The van der Waals surface area contributed by atoms with Crippen LogP contribution in [0, 0.1) is 6.92 Å². The molecule has 0 aliphatic rings. The highest BCUT2D eigenvalue weighted by molar-refractivity contribution is 5.55. The minimum Gasteiger partial charge on any atom is -0.396 e. The maximum Gasteiger partial charge on any atom is 0.0447 e. The van der Waals surface area contributed by atoms with Crippen molar-refractivity contribution in [3.8, 4) is 0 Å². The Balaban J connectivity index is 2.99. The Hall–Kier alpha value is -1.06. The van der Waals surface area contributed by atoms with E-state index in [9.17, 15) is 0 Å². The maximum atomic E-state index is 9.06. The molecule has 2 N–H and O–H groups in total. The van der Waals surface area contributed by atoms with Crippen molar-refractivity contribution >= 4 is 5.69 Å². The second-order valence-corrected chi connectivity index (χ2v) is 5.28. The average molecular weight is 264 g/mol. The maximum absolute atomic E-state index is 9.06. The normalized spacial score (nSPS) is 11.1. The zero-order valence-corrected chi connectivity index (χ0v) is 12.7. The zero-order valence-electron chi connectivity index (χ0n) is 12.7. The van der Waals surface area contributed by atoms with E-state index in [1.807, 2.05) is 0 Å². The number of nitrogens with zero attached hydrogens (tertiary/aromatic N) is 1. The van der Waals surface area contributed by atoms with Gasteiger partial charge in [-0.05, 0) is 45.4 Å². The number of hydrogen-bond donors (Lipinski definition) is 2. The fourth-order valence-corrected chi connectivity index (χ4v) is 2.29. The molecule has 0 amide bonds. The molecule has 108 valence electrons. The molecule has 0 spiro atoms. The number of aryl methyl sites for hydroxylation is 1. The van der Waals surface area contributed by atoms with Crippen molar-refractivity contribution in [2.75, 3.05) is 24.6 Å². The van der Waals surface area contributed by atoms with Gasteiger partial charge in [0.05, 0.1) is 0 Å². The number of aliphatic hydroxyl groups is 1. The first-order chi connectivity index (χ1) is 9.10. The highest BCUT2D eigenvalue weighted by atomic mass is 16.3. The molecule has 19 heavy (non-hydrogen) atoms. The van der Waals surface area contributed by atoms with E-state index >= 15 is 0 Å². The summed E-state index contributed by atoms with van der Waals surface area (Å²) in [6, 6.07) is 7.07. The number of rotatable bonds is 8. The summed E-state index contributed by atoms with van der Waals surface area (Å²) in [5.74, 6) is 0. The van der Waals surface area contributed by atoms with Gasteiger partial charge in [0.2, 0.25) is 0 Å². The number of anilines is 1. The topological polar surface area (TPSA) is 35.5 Å². The van der Waals surface area contributed by atoms with E-state index in [1.54, 1.807) is 0 Å². The molecule has 0 aliphatic heterocycles. The fourth-order valence-electron chi connectivity index (χ4n) is 2.29. The van der Waals surface area contributed by atoms with E-state index < -0.39 is 0 Å². The van der Waals surface area contributed by atoms with E-state index in [2.05, 4.69) is 56.1 Å². The number of hydrogen-bond acceptors (Lipinski definition) is 3. The van der Waals surface area contributed by atoms with Gasteiger partial charge in [0.1, 0.15) is 0 Å². The van der Waals surface area contributed by atoms with Crippen LogP contribution in [0.4, 0.5) is 5.69 Å². The Morgan fingerprint density at radius 1 is 1.32 bits per heavy atom. The van der Waals surface area contributed by atoms with Gasteiger partial charge in [-0.25, -0.2) is 0 Å². The third kappa shape index (κ3) is 4.84. The lowest BCUT2D eigenvalue weighted by atomic mass is 10.1. The smallest absolute Gasteiger partial charge is 0.0447 e. The first kappa shape index (κ1) is 16.0. The van der Waals surface area contributed by atoms with Crippen LogP contribution in [0.3, 0.4) is 0 Å². The molecule has 0 heterocycles. The summed E-state index contributed by atoms with van der Waals surface area (Å²) in [4.78, 5) is 2.38. The SMILES string of the molecule is CCNCc1cc(C)ccc1N(CCCO)C(C)C. The quantitative estimate of drug-likeness (QED) is 0.758. The van der Waals surface area contributed by atoms with Crippen molar-refractivity contribution in [1.82, 2.24) is 5.32 Å². The van der Waals surface area contributed by atoms with E-state index in [1.165, 1.54) is 16.8 Å². The number of aliphatic hydroxyl groups excluding tert-OH is 1. The average Bonchev–Trinajstić information content (AvgIpc) is 2.38. The molecule has 0 bridgehead atoms. The van der Waals surface area contributed by atoms with E-state index in [0.29, 0.717) is 6.04 Å². The summed E-state index contributed by atoms with van der Waals surface area (Å²) < 4.78 is 0. The molecule has 0 unspecified atom stereocenters. The molecule has 0 fully saturated rings. The lowest BCUT2D eigenvalue weighted by Crippen LogP contribution is -2.33. The van der Waals surface area contributed by atoms with Crippen molar-refractivity contribution in [1.29, 1.82) is 0 Å². The molecule has 0 saturated heterocycles. The van der Waals surface area contributed by atoms with Gasteiger partial charge in [-0.1, -0.05) is 24.6 Å². The Morgan fingerprint density at radius 2 is 2.05 bits per heavy atom. The summed E-state index contributed by atoms with van der Waals surface area (Å²) in [5, 5.41) is 12.5. The van der Waals surface area contributed by atoms with Crippen molar-refractivity contribution in [2.24, 2.45) is 0 Å². The predicted molar refractivity (Wildman–Crippen MR) is 82.7 cm³/mol. The van der Waals surface area contributed by atoms with Crippen LogP contribution in [-0.4, -0.2) is 30.8 Å². The molecule has 1 rings (SSSR count). The largest absolute Gasteiger partial charge is 0.396 e. The van der Waals surface area contributed by atoms with Crippen molar-refractivity contribution < 1.29 is 5.11 Å². The van der Waals surface area contributed by atoms with Gasteiger partial charge in [-0.15, -0.1) is 0 Å². The summed E-state index contributed by atoms with van der Waals surface area (Å²) in [5.41, 5.74) is 3.92. The molecule has 0 aliphatic carbocycles. The Bertz CT molecular complexity index is 377. The van der Waals surface area contributed by atoms with Gasteiger partial charge in [0.15, 0.2) is 0 Å². The lowest BCUT2D eigenvalue weighted by Gasteiger charge is -2.31. The van der Waals surface area contributed by atoms with Crippen LogP contribution in [0.25, 0.3) is 0 Å². The molecule has 0 radical (unpaired) electrons. The number of benzene rings is 1. The van der Waals surface area contributed by atoms with Crippen molar-refractivity contribution in [3.63, 3.8) is 0 Å². The van der Waals surface area contributed by atoms with Crippen LogP contribution in [0.5, 0.6) is 0 Å². The van der Waals surface area contributed by atoms with Gasteiger partial charge in [-0.3, -0.25) is 0 Å². The van der Waals surface area contributed by atoms with Crippen LogP contribution >= 0.6 is 0 Å². The second kappa shape index (κ2) is 8.18. The molecule has 1 aromatic rings. The van der Waals surface area contributed by atoms with Crippen molar-refractivity contribution in [2.45, 2.75) is 46.7 Å². The van der Waals surface area contributed by atoms with E-state index in [4.69, 9.17) is 5.11 Å². The Kier molecular flexibility index (Phi) is 6.89. The van der Waals surface area contributed by atoms with E-state index in [0.717, 1.165) is 26.1 Å². The Labute approximate surface area is 117 Å². The van der Waals surface area contributed by atoms with Gasteiger partial charge in [-0.2, -0.15) is 0 Å². The molecule has 3 heteroatoms. The minimum absolute atomic E-state index is 0.248. The van der Waals surface area contributed by atoms with Gasteiger partial charge < -0.3 is 15.3 Å². The van der Waals surface area contributed by atoms with Crippen LogP contribution in [-0.2, 0) is 6.54 Å². The third-order valence-corrected chi connectivity index (χ3v) is 3.29. The molecule has 0 aromatic heterocycles. The minimum atomic E-state index is 0.248. The van der Waals surface area contributed by atoms with Crippen molar-refractivity contribution in [3.05, 3.63) is 29.3 Å². The molecular formula is C16H28N2O. The first-order valence-electron chi connectivity index (χ1n) is 7.27. The second-order valence-electron chi connectivity index (χ2n) is 5.28. The van der Waals surface area contributed by atoms with Crippen LogP contribution in [0.2, 0.25) is 0 Å². The summed E-state index contributed by atoms with van der Waals surface area (Å²) >= 11 is 0. The van der Waals surface area contributed by atoms with Crippen LogP contribution < -0.4 is 10.2 Å². The highest BCUT2D eigenvalue weighted by Gasteiger charge is 2.14. The zero-order chi connectivity index (χ0) is 14.3. The molecule has 0 atom stereocenters. The van der Waals surface area contributed by atoms with Crippen LogP contribution in [0.15, 0.2) is 18.2 Å². The highest BCUT2D eigenvalue weighted by Crippen LogP contribution is 2.24. The molecule has 3 nitrogen and oxygen atoms in total. The standard InChI is InChI=1S/C16H28N2O/c1-5-17-12-15-11-14(4)7-8-16(15)18(13(2)3)9-6-10-19/h7-8,11,13,17,19H,5-6,9-10,12H2,1-4H3. The molecular weight excluding hydrogens is 236 g/mol. The molecule has 0 saturated carbocycles. The third-order valence-electron chi connectivity index (χ3n) is 3.29. The van der Waals surface area contributed by atoms with Gasteiger partial charge >= 0.3 is 0 Å². The summed E-state index contributed by atoms with van der Waals surface area (Å²) in [6.07, 6.45) is 0.812. The first-order valence-corrected chi connectivity index (χ1v) is 7.27. The molecule has 1 aromatic carbocycles. The monoisotopic (exact) mass is 264 g/mol. The van der Waals surface area contributed by atoms with E-state index in [-0.39, 0.29) is 6.61 Å². The number of nitrogens with one attached hydrogen (secondary N) is 1.